The molecule has 0 atom stereocenters. The fourth-order valence-electron chi connectivity index (χ4n) is 2.60. The number of methoxy groups -OCH3 is 1. The van der Waals surface area contributed by atoms with Crippen molar-refractivity contribution in [2.24, 2.45) is 5.41 Å². The van der Waals surface area contributed by atoms with Gasteiger partial charge < -0.3 is 10.5 Å². The van der Waals surface area contributed by atoms with Gasteiger partial charge in [-0.05, 0) is 31.1 Å². The third-order valence-electron chi connectivity index (χ3n) is 3.81. The van der Waals surface area contributed by atoms with Crippen molar-refractivity contribution in [1.29, 1.82) is 0 Å². The molecule has 0 aliphatic heterocycles. The molecule has 1 aromatic heterocycles. The Balaban J connectivity index is 2.13. The van der Waals surface area contributed by atoms with Gasteiger partial charge in [0, 0.05) is 19.1 Å². The van der Waals surface area contributed by atoms with E-state index in [1.165, 1.54) is 12.8 Å². The van der Waals surface area contributed by atoms with Crippen molar-refractivity contribution >= 4 is 5.82 Å². The maximum absolute atomic E-state index is 5.84. The van der Waals surface area contributed by atoms with E-state index >= 15 is 0 Å². The highest BCUT2D eigenvalue weighted by Crippen LogP contribution is 2.41. The first-order chi connectivity index (χ1) is 8.50. The number of nitrogens with zero attached hydrogens (tertiary/aromatic N) is 2. The lowest BCUT2D eigenvalue weighted by Crippen LogP contribution is -2.22. The lowest BCUT2D eigenvalue weighted by molar-refractivity contribution is 0.180. The summed E-state index contributed by atoms with van der Waals surface area (Å²) in [6.45, 7) is 5.16. The Bertz CT molecular complexity index is 408. The van der Waals surface area contributed by atoms with E-state index in [-0.39, 0.29) is 0 Å². The SMILES string of the molecule is COCc1cc(N)nc(C2CCC(C)(C)CC2)n1. The predicted octanol–water partition coefficient (Wildman–Crippen LogP) is 2.89. The number of aromatic nitrogens is 2. The smallest absolute Gasteiger partial charge is 0.134 e. The molecule has 0 unspecified atom stereocenters. The summed E-state index contributed by atoms with van der Waals surface area (Å²) in [5.41, 5.74) is 7.19. The van der Waals surface area contributed by atoms with Gasteiger partial charge in [-0.25, -0.2) is 9.97 Å². The second-order valence-corrected chi connectivity index (χ2v) is 6.01. The minimum absolute atomic E-state index is 0.456. The predicted molar refractivity (Wildman–Crippen MR) is 72.1 cm³/mol. The Hall–Kier alpha value is -1.16. The molecule has 4 heteroatoms. The Morgan fingerprint density at radius 1 is 1.33 bits per heavy atom. The van der Waals surface area contributed by atoms with E-state index in [9.17, 15) is 0 Å². The number of hydrogen-bond donors (Lipinski definition) is 1. The third-order valence-corrected chi connectivity index (χ3v) is 3.81. The molecule has 2 N–H and O–H groups in total. The minimum Gasteiger partial charge on any atom is -0.384 e. The van der Waals surface area contributed by atoms with Crippen LogP contribution in [0.5, 0.6) is 0 Å². The zero-order valence-corrected chi connectivity index (χ0v) is 11.6. The van der Waals surface area contributed by atoms with Crippen LogP contribution in [-0.2, 0) is 11.3 Å². The molecule has 1 heterocycles. The van der Waals surface area contributed by atoms with Crippen molar-refractivity contribution in [3.05, 3.63) is 17.6 Å². The second-order valence-electron chi connectivity index (χ2n) is 6.01. The zero-order valence-electron chi connectivity index (χ0n) is 11.6. The molecule has 0 spiro atoms. The highest BCUT2D eigenvalue weighted by molar-refractivity contribution is 5.30. The highest BCUT2D eigenvalue weighted by Gasteiger charge is 2.29. The average Bonchev–Trinajstić information content (AvgIpc) is 2.28. The lowest BCUT2D eigenvalue weighted by Gasteiger charge is -2.33. The van der Waals surface area contributed by atoms with Crippen LogP contribution in [0.25, 0.3) is 0 Å². The van der Waals surface area contributed by atoms with E-state index in [1.54, 1.807) is 13.2 Å². The van der Waals surface area contributed by atoms with E-state index in [2.05, 4.69) is 23.8 Å². The van der Waals surface area contributed by atoms with Crippen LogP contribution in [0.1, 0.15) is 57.0 Å². The van der Waals surface area contributed by atoms with Gasteiger partial charge in [0.25, 0.3) is 0 Å². The molecule has 0 aromatic carbocycles. The second kappa shape index (κ2) is 5.22. The van der Waals surface area contributed by atoms with Crippen LogP contribution in [0.2, 0.25) is 0 Å². The minimum atomic E-state index is 0.456. The molecule has 1 fully saturated rings. The van der Waals surface area contributed by atoms with Crippen molar-refractivity contribution in [3.63, 3.8) is 0 Å². The fourth-order valence-corrected chi connectivity index (χ4v) is 2.60. The monoisotopic (exact) mass is 249 g/mol. The Morgan fingerprint density at radius 3 is 2.61 bits per heavy atom. The molecule has 1 aromatic rings. The summed E-state index contributed by atoms with van der Waals surface area (Å²) in [5, 5.41) is 0. The number of hydrogen-bond acceptors (Lipinski definition) is 4. The molecule has 0 bridgehead atoms. The van der Waals surface area contributed by atoms with Crippen molar-refractivity contribution in [3.8, 4) is 0 Å². The van der Waals surface area contributed by atoms with Gasteiger partial charge in [0.05, 0.1) is 12.3 Å². The molecular formula is C14H23N3O. The maximum Gasteiger partial charge on any atom is 0.134 e. The average molecular weight is 249 g/mol. The van der Waals surface area contributed by atoms with Gasteiger partial charge in [-0.3, -0.25) is 0 Å². The molecule has 0 saturated heterocycles. The Kier molecular flexibility index (Phi) is 3.85. The number of anilines is 1. The molecule has 2 rings (SSSR count). The van der Waals surface area contributed by atoms with Crippen LogP contribution in [0.3, 0.4) is 0 Å². The summed E-state index contributed by atoms with van der Waals surface area (Å²) < 4.78 is 5.11. The summed E-state index contributed by atoms with van der Waals surface area (Å²) in [6.07, 6.45) is 4.77. The fraction of sp³-hybridized carbons (Fsp3) is 0.714. The topological polar surface area (TPSA) is 61.0 Å². The van der Waals surface area contributed by atoms with Gasteiger partial charge in [-0.1, -0.05) is 13.8 Å². The number of rotatable bonds is 3. The maximum atomic E-state index is 5.84. The van der Waals surface area contributed by atoms with E-state index < -0.39 is 0 Å². The lowest BCUT2D eigenvalue weighted by atomic mass is 9.73. The van der Waals surface area contributed by atoms with Gasteiger partial charge in [-0.2, -0.15) is 0 Å². The number of ether oxygens (including phenoxy) is 1. The molecule has 18 heavy (non-hydrogen) atoms. The Morgan fingerprint density at radius 2 is 2.00 bits per heavy atom. The first kappa shape index (κ1) is 13.3. The Labute approximate surface area is 109 Å². The molecule has 100 valence electrons. The zero-order chi connectivity index (χ0) is 13.2. The van der Waals surface area contributed by atoms with E-state index in [1.807, 2.05) is 0 Å². The largest absolute Gasteiger partial charge is 0.384 e. The van der Waals surface area contributed by atoms with Gasteiger partial charge in [0.1, 0.15) is 11.6 Å². The molecule has 4 nitrogen and oxygen atoms in total. The molecule has 1 aliphatic carbocycles. The van der Waals surface area contributed by atoms with Crippen LogP contribution in [-0.4, -0.2) is 17.1 Å². The van der Waals surface area contributed by atoms with Crippen LogP contribution < -0.4 is 5.73 Å². The van der Waals surface area contributed by atoms with Gasteiger partial charge in [0.2, 0.25) is 0 Å². The molecule has 1 saturated carbocycles. The van der Waals surface area contributed by atoms with Crippen molar-refractivity contribution in [1.82, 2.24) is 9.97 Å². The van der Waals surface area contributed by atoms with Gasteiger partial charge >= 0.3 is 0 Å². The highest BCUT2D eigenvalue weighted by atomic mass is 16.5. The van der Waals surface area contributed by atoms with Gasteiger partial charge in [0.15, 0.2) is 0 Å². The van der Waals surface area contributed by atoms with Crippen LogP contribution >= 0.6 is 0 Å². The normalized spacial score (nSPS) is 19.9. The third kappa shape index (κ3) is 3.19. The molecular weight excluding hydrogens is 226 g/mol. The van der Waals surface area contributed by atoms with Crippen LogP contribution in [0.15, 0.2) is 6.07 Å². The van der Waals surface area contributed by atoms with Crippen molar-refractivity contribution in [2.75, 3.05) is 12.8 Å². The van der Waals surface area contributed by atoms with E-state index in [0.717, 1.165) is 24.4 Å². The molecule has 0 amide bonds. The van der Waals surface area contributed by atoms with Crippen molar-refractivity contribution in [2.45, 2.75) is 52.1 Å². The summed E-state index contributed by atoms with van der Waals surface area (Å²) in [4.78, 5) is 8.98. The summed E-state index contributed by atoms with van der Waals surface area (Å²) in [6, 6.07) is 1.79. The quantitative estimate of drug-likeness (QED) is 0.894. The summed E-state index contributed by atoms with van der Waals surface area (Å²) >= 11 is 0. The summed E-state index contributed by atoms with van der Waals surface area (Å²) in [7, 11) is 1.67. The number of nitrogens with two attached hydrogens (primary N) is 1. The first-order valence-electron chi connectivity index (χ1n) is 6.62. The number of nitrogen functional groups attached to an aromatic ring is 1. The van der Waals surface area contributed by atoms with E-state index in [4.69, 9.17) is 10.5 Å². The first-order valence-corrected chi connectivity index (χ1v) is 6.62. The molecule has 1 aliphatic rings. The van der Waals surface area contributed by atoms with E-state index in [0.29, 0.717) is 23.8 Å². The standard InChI is InChI=1S/C14H23N3O/c1-14(2)6-4-10(5-7-14)13-16-11(9-18-3)8-12(15)17-13/h8,10H,4-7,9H2,1-3H3,(H2,15,16,17). The van der Waals surface area contributed by atoms with Crippen LogP contribution in [0.4, 0.5) is 5.82 Å². The van der Waals surface area contributed by atoms with Gasteiger partial charge in [-0.15, -0.1) is 0 Å². The van der Waals surface area contributed by atoms with Crippen molar-refractivity contribution < 1.29 is 4.74 Å². The summed E-state index contributed by atoms with van der Waals surface area (Å²) in [5.74, 6) is 1.91. The molecule has 0 radical (unpaired) electrons. The van der Waals surface area contributed by atoms with Crippen LogP contribution in [0, 0.1) is 5.41 Å².